The number of nitrogens with one attached hydrogen (secondary N) is 1. The maximum Gasteiger partial charge on any atom is 0.242 e. The van der Waals surface area contributed by atoms with Crippen molar-refractivity contribution in [3.8, 4) is 0 Å². The lowest BCUT2D eigenvalue weighted by molar-refractivity contribution is -0.138. The van der Waals surface area contributed by atoms with Crippen LogP contribution in [0.4, 0.5) is 0 Å². The third-order valence-corrected chi connectivity index (χ3v) is 5.33. The van der Waals surface area contributed by atoms with Crippen LogP contribution in [0.2, 0.25) is 0 Å². The standard InChI is InChI=1S/C16H17N3O2S/c20-15(8-19-10-22-9-16(19)21)18-6-5-14-12(7-18)11-3-1-2-4-13(11)17-14/h1-4,17H,5-10H2. The molecule has 2 aliphatic heterocycles. The topological polar surface area (TPSA) is 56.4 Å². The minimum atomic E-state index is 0.0479. The Morgan fingerprint density at radius 2 is 2.18 bits per heavy atom. The Morgan fingerprint density at radius 1 is 1.32 bits per heavy atom. The van der Waals surface area contributed by atoms with E-state index in [4.69, 9.17) is 0 Å². The summed E-state index contributed by atoms with van der Waals surface area (Å²) in [6.07, 6.45) is 0.846. The van der Waals surface area contributed by atoms with Gasteiger partial charge >= 0.3 is 0 Å². The molecule has 0 saturated carbocycles. The second-order valence-corrected chi connectivity index (χ2v) is 6.72. The van der Waals surface area contributed by atoms with Crippen LogP contribution in [0.25, 0.3) is 10.9 Å². The first-order valence-electron chi connectivity index (χ1n) is 7.44. The Kier molecular flexibility index (Phi) is 3.33. The number of aromatic nitrogens is 1. The van der Waals surface area contributed by atoms with E-state index in [1.165, 1.54) is 16.6 Å². The lowest BCUT2D eigenvalue weighted by Gasteiger charge is -2.29. The number of rotatable bonds is 2. The van der Waals surface area contributed by atoms with Crippen molar-refractivity contribution in [2.45, 2.75) is 13.0 Å². The summed E-state index contributed by atoms with van der Waals surface area (Å²) in [5.41, 5.74) is 3.59. The smallest absolute Gasteiger partial charge is 0.242 e. The van der Waals surface area contributed by atoms with E-state index in [9.17, 15) is 9.59 Å². The molecule has 2 aliphatic rings. The second-order valence-electron chi connectivity index (χ2n) is 5.76. The van der Waals surface area contributed by atoms with Crippen LogP contribution in [-0.4, -0.2) is 51.3 Å². The van der Waals surface area contributed by atoms with Gasteiger partial charge in [0.1, 0.15) is 6.54 Å². The fourth-order valence-corrected chi connectivity index (χ4v) is 4.09. The van der Waals surface area contributed by atoms with Gasteiger partial charge in [-0.1, -0.05) is 18.2 Å². The van der Waals surface area contributed by atoms with Crippen LogP contribution >= 0.6 is 11.8 Å². The molecule has 1 saturated heterocycles. The molecule has 1 aromatic carbocycles. The van der Waals surface area contributed by atoms with Gasteiger partial charge in [0.15, 0.2) is 0 Å². The van der Waals surface area contributed by atoms with E-state index in [1.807, 2.05) is 17.0 Å². The molecule has 0 radical (unpaired) electrons. The van der Waals surface area contributed by atoms with Crippen LogP contribution in [0.5, 0.6) is 0 Å². The maximum absolute atomic E-state index is 12.5. The van der Waals surface area contributed by atoms with Crippen molar-refractivity contribution in [2.75, 3.05) is 24.7 Å². The van der Waals surface area contributed by atoms with Crippen molar-refractivity contribution >= 4 is 34.5 Å². The predicted molar refractivity (Wildman–Crippen MR) is 86.5 cm³/mol. The number of hydrogen-bond donors (Lipinski definition) is 1. The number of carbonyl (C=O) groups is 2. The van der Waals surface area contributed by atoms with Gasteiger partial charge in [-0.3, -0.25) is 9.59 Å². The third kappa shape index (κ3) is 2.27. The normalized spacial score (nSPS) is 18.1. The molecule has 1 aromatic heterocycles. The Labute approximate surface area is 132 Å². The molecule has 6 heteroatoms. The highest BCUT2D eigenvalue weighted by Crippen LogP contribution is 2.27. The van der Waals surface area contributed by atoms with Gasteiger partial charge in [0.25, 0.3) is 0 Å². The highest BCUT2D eigenvalue weighted by atomic mass is 32.2. The minimum absolute atomic E-state index is 0.0479. The molecular weight excluding hydrogens is 298 g/mol. The van der Waals surface area contributed by atoms with Gasteiger partial charge in [-0.05, 0) is 6.07 Å². The van der Waals surface area contributed by atoms with Gasteiger partial charge in [-0.2, -0.15) is 0 Å². The number of para-hydroxylation sites is 1. The quantitative estimate of drug-likeness (QED) is 0.915. The Morgan fingerprint density at radius 3 is 3.00 bits per heavy atom. The molecular formula is C16H17N3O2S. The lowest BCUT2D eigenvalue weighted by atomic mass is 10.0. The van der Waals surface area contributed by atoms with Crippen molar-refractivity contribution in [2.24, 2.45) is 0 Å². The third-order valence-electron chi connectivity index (χ3n) is 4.39. The number of thioether (sulfide) groups is 1. The van der Waals surface area contributed by atoms with E-state index in [2.05, 4.69) is 17.1 Å². The van der Waals surface area contributed by atoms with E-state index in [-0.39, 0.29) is 18.4 Å². The second kappa shape index (κ2) is 5.35. The number of hydrogen-bond acceptors (Lipinski definition) is 3. The molecule has 5 nitrogen and oxygen atoms in total. The molecule has 0 bridgehead atoms. The van der Waals surface area contributed by atoms with Crippen LogP contribution in [0, 0.1) is 0 Å². The van der Waals surface area contributed by atoms with E-state index in [1.54, 1.807) is 16.7 Å². The van der Waals surface area contributed by atoms with Crippen molar-refractivity contribution in [1.82, 2.24) is 14.8 Å². The summed E-state index contributed by atoms with van der Waals surface area (Å²) in [6, 6.07) is 8.21. The van der Waals surface area contributed by atoms with E-state index in [0.717, 1.165) is 11.9 Å². The van der Waals surface area contributed by atoms with Crippen molar-refractivity contribution in [1.29, 1.82) is 0 Å². The van der Waals surface area contributed by atoms with Crippen LogP contribution in [-0.2, 0) is 22.6 Å². The molecule has 22 heavy (non-hydrogen) atoms. The number of H-pyrrole nitrogens is 1. The average Bonchev–Trinajstić information content (AvgIpc) is 3.10. The number of carbonyl (C=O) groups excluding carboxylic acids is 2. The zero-order valence-corrected chi connectivity index (χ0v) is 13.0. The van der Waals surface area contributed by atoms with Crippen molar-refractivity contribution < 1.29 is 9.59 Å². The molecule has 4 rings (SSSR count). The van der Waals surface area contributed by atoms with Crippen LogP contribution < -0.4 is 0 Å². The number of nitrogens with zero attached hydrogens (tertiary/aromatic N) is 2. The van der Waals surface area contributed by atoms with E-state index < -0.39 is 0 Å². The Balaban J connectivity index is 1.53. The number of benzene rings is 1. The molecule has 2 amide bonds. The van der Waals surface area contributed by atoms with Gasteiger partial charge in [0, 0.05) is 41.7 Å². The summed E-state index contributed by atoms with van der Waals surface area (Å²) in [7, 11) is 0. The lowest BCUT2D eigenvalue weighted by Crippen LogP contribution is -2.43. The largest absolute Gasteiger partial charge is 0.358 e. The van der Waals surface area contributed by atoms with E-state index >= 15 is 0 Å². The Hall–Kier alpha value is -1.95. The SMILES string of the molecule is O=C1CSCN1CC(=O)N1CCc2[nH]c3ccccc3c2C1. The first-order valence-corrected chi connectivity index (χ1v) is 8.59. The summed E-state index contributed by atoms with van der Waals surface area (Å²) in [5, 5.41) is 1.20. The Bertz CT molecular complexity index is 755. The summed E-state index contributed by atoms with van der Waals surface area (Å²) < 4.78 is 0. The fourth-order valence-electron chi connectivity index (χ4n) is 3.18. The molecule has 2 aromatic rings. The molecule has 3 heterocycles. The first kappa shape index (κ1) is 13.7. The molecule has 0 aliphatic carbocycles. The molecule has 0 unspecified atom stereocenters. The minimum Gasteiger partial charge on any atom is -0.358 e. The first-order chi connectivity index (χ1) is 10.7. The number of fused-ring (bicyclic) bond motifs is 3. The van der Waals surface area contributed by atoms with Gasteiger partial charge in [-0.15, -0.1) is 11.8 Å². The molecule has 114 valence electrons. The van der Waals surface area contributed by atoms with Crippen molar-refractivity contribution in [3.05, 3.63) is 35.5 Å². The van der Waals surface area contributed by atoms with Crippen LogP contribution in [0.15, 0.2) is 24.3 Å². The van der Waals surface area contributed by atoms with Gasteiger partial charge < -0.3 is 14.8 Å². The number of amides is 2. The molecule has 0 atom stereocenters. The molecule has 0 spiro atoms. The zero-order chi connectivity index (χ0) is 15.1. The van der Waals surface area contributed by atoms with Crippen molar-refractivity contribution in [3.63, 3.8) is 0 Å². The highest BCUT2D eigenvalue weighted by molar-refractivity contribution is 8.00. The van der Waals surface area contributed by atoms with Gasteiger partial charge in [0.2, 0.25) is 11.8 Å². The van der Waals surface area contributed by atoms with Crippen LogP contribution in [0.3, 0.4) is 0 Å². The monoisotopic (exact) mass is 315 g/mol. The average molecular weight is 315 g/mol. The molecule has 1 fully saturated rings. The summed E-state index contributed by atoms with van der Waals surface area (Å²) in [5.74, 6) is 1.26. The number of aromatic amines is 1. The maximum atomic E-state index is 12.5. The van der Waals surface area contributed by atoms with Gasteiger partial charge in [-0.25, -0.2) is 0 Å². The van der Waals surface area contributed by atoms with E-state index in [0.29, 0.717) is 24.7 Å². The predicted octanol–water partition coefficient (Wildman–Crippen LogP) is 1.59. The summed E-state index contributed by atoms with van der Waals surface area (Å²) in [6.45, 7) is 1.56. The highest BCUT2D eigenvalue weighted by Gasteiger charge is 2.28. The molecule has 1 N–H and O–H groups in total. The van der Waals surface area contributed by atoms with Crippen LogP contribution in [0.1, 0.15) is 11.3 Å². The zero-order valence-electron chi connectivity index (χ0n) is 12.2. The van der Waals surface area contributed by atoms with Gasteiger partial charge in [0.05, 0.1) is 11.6 Å². The summed E-state index contributed by atoms with van der Waals surface area (Å²) in [4.78, 5) is 31.1. The summed E-state index contributed by atoms with van der Waals surface area (Å²) >= 11 is 1.57. The fraction of sp³-hybridized carbons (Fsp3) is 0.375.